The Morgan fingerprint density at radius 1 is 1.08 bits per heavy atom. The molecule has 2 aromatic rings. The Kier molecular flexibility index (Phi) is 6.69. The summed E-state index contributed by atoms with van der Waals surface area (Å²) in [4.78, 5) is 0. The predicted octanol–water partition coefficient (Wildman–Crippen LogP) is 4.39. The van der Waals surface area contributed by atoms with Crippen LogP contribution in [0.25, 0.3) is 0 Å². The lowest BCUT2D eigenvalue weighted by atomic mass is 10.0. The molecule has 1 N–H and O–H groups in total. The van der Waals surface area contributed by atoms with Gasteiger partial charge in [-0.1, -0.05) is 37.2 Å². The van der Waals surface area contributed by atoms with Gasteiger partial charge in [0.2, 0.25) is 0 Å². The van der Waals surface area contributed by atoms with Crippen LogP contribution in [0.2, 0.25) is 0 Å². The van der Waals surface area contributed by atoms with E-state index in [2.05, 4.69) is 31.1 Å². The minimum atomic E-state index is 0.345. The molecule has 0 heterocycles. The highest BCUT2D eigenvalue weighted by Crippen LogP contribution is 2.30. The highest BCUT2D eigenvalue weighted by molar-refractivity contribution is 5.84. The molecule has 5 heteroatoms. The topological polar surface area (TPSA) is 60.3 Å². The SMILES string of the molecule is COc1cccc(C=NO)c1OCCOc1cc(C)ccc1C(C)C. The smallest absolute Gasteiger partial charge is 0.170 e. The van der Waals surface area contributed by atoms with Gasteiger partial charge in [0, 0.05) is 5.56 Å². The quantitative estimate of drug-likeness (QED) is 0.334. The van der Waals surface area contributed by atoms with E-state index in [1.807, 2.05) is 13.0 Å². The minimum Gasteiger partial charge on any atom is -0.493 e. The van der Waals surface area contributed by atoms with Gasteiger partial charge < -0.3 is 19.4 Å². The van der Waals surface area contributed by atoms with Gasteiger partial charge >= 0.3 is 0 Å². The Morgan fingerprint density at radius 2 is 1.84 bits per heavy atom. The van der Waals surface area contributed by atoms with E-state index in [1.165, 1.54) is 11.8 Å². The van der Waals surface area contributed by atoms with Crippen molar-refractivity contribution in [3.63, 3.8) is 0 Å². The van der Waals surface area contributed by atoms with Crippen molar-refractivity contribution >= 4 is 6.21 Å². The molecule has 0 radical (unpaired) electrons. The van der Waals surface area contributed by atoms with E-state index < -0.39 is 0 Å². The number of hydrogen-bond acceptors (Lipinski definition) is 5. The minimum absolute atomic E-state index is 0.345. The Morgan fingerprint density at radius 3 is 2.52 bits per heavy atom. The fourth-order valence-corrected chi connectivity index (χ4v) is 2.55. The van der Waals surface area contributed by atoms with Crippen molar-refractivity contribution in [2.45, 2.75) is 26.7 Å². The number of hydrogen-bond donors (Lipinski definition) is 1. The van der Waals surface area contributed by atoms with Crippen LogP contribution in [0.5, 0.6) is 17.2 Å². The number of rotatable bonds is 8. The monoisotopic (exact) mass is 343 g/mol. The molecule has 0 fully saturated rings. The maximum atomic E-state index is 8.78. The first-order chi connectivity index (χ1) is 12.1. The van der Waals surface area contributed by atoms with Gasteiger partial charge in [0.15, 0.2) is 11.5 Å². The van der Waals surface area contributed by atoms with Crippen LogP contribution >= 0.6 is 0 Å². The molecule has 134 valence electrons. The number of aryl methyl sites for hydroxylation is 1. The Labute approximate surface area is 148 Å². The number of methoxy groups -OCH3 is 1. The molecule has 0 aromatic heterocycles. The van der Waals surface area contributed by atoms with Gasteiger partial charge in [-0.25, -0.2) is 0 Å². The number of oxime groups is 1. The van der Waals surface area contributed by atoms with Gasteiger partial charge in [-0.15, -0.1) is 0 Å². The van der Waals surface area contributed by atoms with Crippen LogP contribution in [0, 0.1) is 6.92 Å². The Bertz CT molecular complexity index is 726. The molecule has 5 nitrogen and oxygen atoms in total. The summed E-state index contributed by atoms with van der Waals surface area (Å²) in [5.41, 5.74) is 2.97. The maximum absolute atomic E-state index is 8.78. The lowest BCUT2D eigenvalue weighted by Gasteiger charge is -2.16. The average molecular weight is 343 g/mol. The van der Waals surface area contributed by atoms with Crippen LogP contribution in [-0.2, 0) is 0 Å². The van der Waals surface area contributed by atoms with E-state index >= 15 is 0 Å². The molecule has 0 unspecified atom stereocenters. The molecule has 0 aliphatic rings. The second-order valence-electron chi connectivity index (χ2n) is 6.02. The third-order valence-corrected chi connectivity index (χ3v) is 3.80. The van der Waals surface area contributed by atoms with Crippen LogP contribution in [0.3, 0.4) is 0 Å². The molecule has 0 atom stereocenters. The zero-order chi connectivity index (χ0) is 18.2. The Balaban J connectivity index is 2.04. The summed E-state index contributed by atoms with van der Waals surface area (Å²) < 4.78 is 17.0. The van der Waals surface area contributed by atoms with Crippen molar-refractivity contribution in [1.29, 1.82) is 0 Å². The fraction of sp³-hybridized carbons (Fsp3) is 0.350. The third-order valence-electron chi connectivity index (χ3n) is 3.80. The summed E-state index contributed by atoms with van der Waals surface area (Å²) in [6.07, 6.45) is 1.32. The van der Waals surface area contributed by atoms with Crippen LogP contribution in [0.15, 0.2) is 41.6 Å². The van der Waals surface area contributed by atoms with E-state index in [0.29, 0.717) is 36.2 Å². The lowest BCUT2D eigenvalue weighted by Crippen LogP contribution is -2.12. The van der Waals surface area contributed by atoms with Gasteiger partial charge in [0.05, 0.1) is 13.3 Å². The standard InChI is InChI=1S/C20H25NO4/c1-14(2)17-9-8-15(3)12-19(17)24-10-11-25-20-16(13-21-22)6-5-7-18(20)23-4/h5-9,12-14,22H,10-11H2,1-4H3. The van der Waals surface area contributed by atoms with Gasteiger partial charge in [0.25, 0.3) is 0 Å². The van der Waals surface area contributed by atoms with E-state index in [-0.39, 0.29) is 0 Å². The lowest BCUT2D eigenvalue weighted by molar-refractivity contribution is 0.209. The van der Waals surface area contributed by atoms with Crippen LogP contribution < -0.4 is 14.2 Å². The number of para-hydroxylation sites is 1. The first-order valence-electron chi connectivity index (χ1n) is 8.27. The van der Waals surface area contributed by atoms with E-state index in [0.717, 1.165) is 11.3 Å². The summed E-state index contributed by atoms with van der Waals surface area (Å²) in [6, 6.07) is 11.6. The summed E-state index contributed by atoms with van der Waals surface area (Å²) in [5.74, 6) is 2.38. The second-order valence-corrected chi connectivity index (χ2v) is 6.02. The first kappa shape index (κ1) is 18.6. The summed E-state index contributed by atoms with van der Waals surface area (Å²) >= 11 is 0. The largest absolute Gasteiger partial charge is 0.493 e. The second kappa shape index (κ2) is 8.97. The van der Waals surface area contributed by atoms with E-state index in [9.17, 15) is 0 Å². The molecule has 0 spiro atoms. The molecule has 0 amide bonds. The predicted molar refractivity (Wildman–Crippen MR) is 98.6 cm³/mol. The molecule has 0 saturated heterocycles. The van der Waals surface area contributed by atoms with E-state index in [4.69, 9.17) is 19.4 Å². The van der Waals surface area contributed by atoms with Crippen molar-refractivity contribution in [2.75, 3.05) is 20.3 Å². The third kappa shape index (κ3) is 4.89. The van der Waals surface area contributed by atoms with Gasteiger partial charge in [-0.3, -0.25) is 0 Å². The van der Waals surface area contributed by atoms with Crippen molar-refractivity contribution < 1.29 is 19.4 Å². The zero-order valence-electron chi connectivity index (χ0n) is 15.2. The normalized spacial score (nSPS) is 11.1. The van der Waals surface area contributed by atoms with Gasteiger partial charge in [0.1, 0.15) is 19.0 Å². The van der Waals surface area contributed by atoms with Crippen molar-refractivity contribution in [1.82, 2.24) is 0 Å². The van der Waals surface area contributed by atoms with Crippen molar-refractivity contribution in [2.24, 2.45) is 5.16 Å². The van der Waals surface area contributed by atoms with Crippen molar-refractivity contribution in [3.05, 3.63) is 53.1 Å². The summed E-state index contributed by atoms with van der Waals surface area (Å²) in [6.45, 7) is 7.07. The van der Waals surface area contributed by atoms with Gasteiger partial charge in [-0.2, -0.15) is 0 Å². The molecule has 25 heavy (non-hydrogen) atoms. The average Bonchev–Trinajstić information content (AvgIpc) is 2.59. The van der Waals surface area contributed by atoms with Crippen LogP contribution in [0.4, 0.5) is 0 Å². The summed E-state index contributed by atoms with van der Waals surface area (Å²) in [5, 5.41) is 11.9. The zero-order valence-corrected chi connectivity index (χ0v) is 15.2. The highest BCUT2D eigenvalue weighted by Gasteiger charge is 2.11. The molecule has 0 bridgehead atoms. The number of ether oxygens (including phenoxy) is 3. The van der Waals surface area contributed by atoms with Crippen LogP contribution in [-0.4, -0.2) is 31.7 Å². The first-order valence-corrected chi connectivity index (χ1v) is 8.27. The highest BCUT2D eigenvalue weighted by atomic mass is 16.5. The van der Waals surface area contributed by atoms with E-state index in [1.54, 1.807) is 25.3 Å². The molecule has 2 aromatic carbocycles. The fourth-order valence-electron chi connectivity index (χ4n) is 2.55. The molecular weight excluding hydrogens is 318 g/mol. The van der Waals surface area contributed by atoms with Crippen LogP contribution in [0.1, 0.15) is 36.5 Å². The molecule has 0 saturated carbocycles. The maximum Gasteiger partial charge on any atom is 0.170 e. The Hall–Kier alpha value is -2.69. The summed E-state index contributed by atoms with van der Waals surface area (Å²) in [7, 11) is 1.57. The molecule has 0 aliphatic heterocycles. The molecule has 2 rings (SSSR count). The van der Waals surface area contributed by atoms with Crippen molar-refractivity contribution in [3.8, 4) is 17.2 Å². The molecular formula is C20H25NO4. The number of benzene rings is 2. The number of nitrogens with zero attached hydrogens (tertiary/aromatic N) is 1. The molecule has 0 aliphatic carbocycles. The van der Waals surface area contributed by atoms with Gasteiger partial charge in [-0.05, 0) is 42.2 Å².